The van der Waals surface area contributed by atoms with E-state index >= 15 is 0 Å². The number of nitrogens with zero attached hydrogens (tertiary/aromatic N) is 1. The fourth-order valence-corrected chi connectivity index (χ4v) is 2.84. The molecule has 0 aliphatic rings. The average molecular weight is 320 g/mol. The molecule has 0 N–H and O–H groups in total. The summed E-state index contributed by atoms with van der Waals surface area (Å²) in [7, 11) is 0. The zero-order chi connectivity index (χ0) is 14.2. The minimum absolute atomic E-state index is 0.365. The summed E-state index contributed by atoms with van der Waals surface area (Å²) in [4.78, 5) is 0. The Morgan fingerprint density at radius 1 is 1.26 bits per heavy atom. The smallest absolute Gasteiger partial charge is 0.207 e. The molecule has 1 aromatic heterocycles. The predicted molar refractivity (Wildman–Crippen MR) is 81.3 cm³/mol. The van der Waals surface area contributed by atoms with Crippen LogP contribution in [0.2, 0.25) is 0 Å². The van der Waals surface area contributed by atoms with Gasteiger partial charge in [-0.2, -0.15) is 5.26 Å². The van der Waals surface area contributed by atoms with E-state index in [9.17, 15) is 5.26 Å². The Balaban J connectivity index is 2.77. The molecular formula is C16H18BrNO. The fourth-order valence-electron chi connectivity index (χ4n) is 2.37. The Labute approximate surface area is 122 Å². The zero-order valence-electron chi connectivity index (χ0n) is 11.7. The van der Waals surface area contributed by atoms with Crippen molar-refractivity contribution in [2.45, 2.75) is 40.0 Å². The molecule has 2 aromatic rings. The van der Waals surface area contributed by atoms with Crippen molar-refractivity contribution in [3.63, 3.8) is 0 Å². The highest BCUT2D eigenvalue weighted by Gasteiger charge is 2.19. The topological polar surface area (TPSA) is 36.9 Å². The highest BCUT2D eigenvalue weighted by Crippen LogP contribution is 2.35. The lowest BCUT2D eigenvalue weighted by Crippen LogP contribution is -1.95. The number of rotatable bonds is 3. The lowest BCUT2D eigenvalue weighted by Gasteiger charge is -2.07. The van der Waals surface area contributed by atoms with Gasteiger partial charge in [0.2, 0.25) is 5.76 Å². The summed E-state index contributed by atoms with van der Waals surface area (Å²) < 4.78 is 6.86. The number of halogens is 1. The quantitative estimate of drug-likeness (QED) is 0.760. The molecule has 100 valence electrons. The van der Waals surface area contributed by atoms with Gasteiger partial charge in [0.15, 0.2) is 0 Å². The Kier molecular flexibility index (Phi) is 4.01. The lowest BCUT2D eigenvalue weighted by atomic mass is 9.96. The first kappa shape index (κ1) is 14.1. The Morgan fingerprint density at radius 2 is 1.95 bits per heavy atom. The van der Waals surface area contributed by atoms with E-state index in [0.717, 1.165) is 33.0 Å². The third kappa shape index (κ3) is 2.69. The molecule has 0 atom stereocenters. The SMILES string of the molecule is CC(C)Cc1c(C#N)oc2c(C(C)C)cc(Br)cc12. The predicted octanol–water partition coefficient (Wildman–Crippen LogP) is 5.39. The van der Waals surface area contributed by atoms with E-state index in [1.165, 1.54) is 0 Å². The van der Waals surface area contributed by atoms with Gasteiger partial charge in [-0.1, -0.05) is 43.6 Å². The summed E-state index contributed by atoms with van der Waals surface area (Å²) in [6.45, 7) is 8.58. The molecule has 0 aliphatic heterocycles. The molecule has 0 aliphatic carbocycles. The number of benzene rings is 1. The molecule has 3 heteroatoms. The van der Waals surface area contributed by atoms with Crippen molar-refractivity contribution in [2.24, 2.45) is 5.92 Å². The van der Waals surface area contributed by atoms with E-state index < -0.39 is 0 Å². The molecule has 0 spiro atoms. The van der Waals surface area contributed by atoms with Crippen molar-refractivity contribution in [2.75, 3.05) is 0 Å². The number of hydrogen-bond acceptors (Lipinski definition) is 2. The second kappa shape index (κ2) is 5.38. The molecule has 1 heterocycles. The number of nitriles is 1. The molecule has 19 heavy (non-hydrogen) atoms. The zero-order valence-corrected chi connectivity index (χ0v) is 13.3. The van der Waals surface area contributed by atoms with Crippen LogP contribution >= 0.6 is 15.9 Å². The van der Waals surface area contributed by atoms with E-state index in [1.54, 1.807) is 0 Å². The van der Waals surface area contributed by atoms with Crippen molar-refractivity contribution >= 4 is 26.9 Å². The second-order valence-corrected chi connectivity index (χ2v) is 6.56. The van der Waals surface area contributed by atoms with Gasteiger partial charge in [0.1, 0.15) is 11.7 Å². The van der Waals surface area contributed by atoms with Crippen LogP contribution < -0.4 is 0 Å². The largest absolute Gasteiger partial charge is 0.445 e. The van der Waals surface area contributed by atoms with Crippen molar-refractivity contribution in [1.29, 1.82) is 5.26 Å². The minimum Gasteiger partial charge on any atom is -0.445 e. The van der Waals surface area contributed by atoms with Crippen LogP contribution in [0.5, 0.6) is 0 Å². The lowest BCUT2D eigenvalue weighted by molar-refractivity contribution is 0.574. The maximum Gasteiger partial charge on any atom is 0.207 e. The van der Waals surface area contributed by atoms with Crippen molar-refractivity contribution in [3.8, 4) is 6.07 Å². The molecule has 0 bridgehead atoms. The van der Waals surface area contributed by atoms with Gasteiger partial charge in [0.05, 0.1) is 0 Å². The van der Waals surface area contributed by atoms with Gasteiger partial charge in [0.25, 0.3) is 0 Å². The van der Waals surface area contributed by atoms with E-state index in [0.29, 0.717) is 17.6 Å². The van der Waals surface area contributed by atoms with Gasteiger partial charge in [-0.25, -0.2) is 0 Å². The average Bonchev–Trinajstić information content (AvgIpc) is 2.65. The van der Waals surface area contributed by atoms with Gasteiger partial charge in [-0.15, -0.1) is 0 Å². The molecule has 0 fully saturated rings. The molecule has 2 rings (SSSR count). The molecule has 0 radical (unpaired) electrons. The summed E-state index contributed by atoms with van der Waals surface area (Å²) in [6, 6.07) is 6.33. The highest BCUT2D eigenvalue weighted by molar-refractivity contribution is 9.10. The van der Waals surface area contributed by atoms with Crippen LogP contribution in [-0.4, -0.2) is 0 Å². The first-order valence-electron chi connectivity index (χ1n) is 6.59. The maximum atomic E-state index is 9.28. The summed E-state index contributed by atoms with van der Waals surface area (Å²) >= 11 is 3.56. The monoisotopic (exact) mass is 319 g/mol. The standard InChI is InChI=1S/C16H18BrNO/c1-9(2)5-13-14-7-11(17)6-12(10(3)4)16(14)19-15(13)8-18/h6-7,9-10H,5H2,1-4H3. The third-order valence-corrected chi connectivity index (χ3v) is 3.68. The third-order valence-electron chi connectivity index (χ3n) is 3.22. The minimum atomic E-state index is 0.365. The van der Waals surface area contributed by atoms with Crippen LogP contribution in [0.4, 0.5) is 0 Å². The van der Waals surface area contributed by atoms with Crippen LogP contribution in [0.25, 0.3) is 11.0 Å². The maximum absolute atomic E-state index is 9.28. The van der Waals surface area contributed by atoms with Gasteiger partial charge in [0, 0.05) is 15.4 Å². The fraction of sp³-hybridized carbons (Fsp3) is 0.438. The van der Waals surface area contributed by atoms with Crippen LogP contribution in [0.3, 0.4) is 0 Å². The van der Waals surface area contributed by atoms with Gasteiger partial charge in [-0.05, 0) is 36.0 Å². The van der Waals surface area contributed by atoms with E-state index in [2.05, 4.69) is 61.8 Å². The molecule has 0 saturated heterocycles. The van der Waals surface area contributed by atoms with Crippen LogP contribution in [0.1, 0.15) is 50.5 Å². The first-order valence-corrected chi connectivity index (χ1v) is 7.38. The number of fused-ring (bicyclic) bond motifs is 1. The number of hydrogen-bond donors (Lipinski definition) is 0. The summed E-state index contributed by atoms with van der Waals surface area (Å²) in [6.07, 6.45) is 0.865. The molecule has 2 nitrogen and oxygen atoms in total. The van der Waals surface area contributed by atoms with E-state index in [-0.39, 0.29) is 0 Å². The Hall–Kier alpha value is -1.27. The van der Waals surface area contributed by atoms with Gasteiger partial charge >= 0.3 is 0 Å². The summed E-state index contributed by atoms with van der Waals surface area (Å²) in [5.41, 5.74) is 3.05. The van der Waals surface area contributed by atoms with Gasteiger partial charge in [-0.3, -0.25) is 0 Å². The Bertz CT molecular complexity index is 647. The molecular weight excluding hydrogens is 302 g/mol. The van der Waals surface area contributed by atoms with Crippen molar-refractivity contribution in [3.05, 3.63) is 33.5 Å². The summed E-state index contributed by atoms with van der Waals surface area (Å²) in [5, 5.41) is 10.3. The molecule has 1 aromatic carbocycles. The normalized spacial score (nSPS) is 11.5. The van der Waals surface area contributed by atoms with Gasteiger partial charge < -0.3 is 4.42 Å². The molecule has 0 saturated carbocycles. The second-order valence-electron chi connectivity index (χ2n) is 5.65. The summed E-state index contributed by atoms with van der Waals surface area (Å²) in [5.74, 6) is 1.32. The van der Waals surface area contributed by atoms with Crippen LogP contribution in [0, 0.1) is 17.2 Å². The van der Waals surface area contributed by atoms with E-state index in [1.807, 2.05) is 0 Å². The molecule has 0 unspecified atom stereocenters. The van der Waals surface area contributed by atoms with Crippen molar-refractivity contribution in [1.82, 2.24) is 0 Å². The number of furan rings is 1. The first-order chi connectivity index (χ1) is 8.93. The molecule has 0 amide bonds. The Morgan fingerprint density at radius 3 is 2.47 bits per heavy atom. The van der Waals surface area contributed by atoms with Crippen LogP contribution in [-0.2, 0) is 6.42 Å². The van der Waals surface area contributed by atoms with Crippen LogP contribution in [0.15, 0.2) is 21.0 Å². The van der Waals surface area contributed by atoms with Crippen molar-refractivity contribution < 1.29 is 4.42 Å². The highest BCUT2D eigenvalue weighted by atomic mass is 79.9. The van der Waals surface area contributed by atoms with E-state index in [4.69, 9.17) is 4.42 Å².